The highest BCUT2D eigenvalue weighted by Crippen LogP contribution is 2.30. The Kier molecular flexibility index (Phi) is 4.06. The first-order valence-corrected chi connectivity index (χ1v) is 5.92. The zero-order valence-corrected chi connectivity index (χ0v) is 9.83. The molecule has 0 bridgehead atoms. The molecule has 1 aliphatic rings. The number of rotatable bonds is 3. The van der Waals surface area contributed by atoms with Crippen molar-refractivity contribution in [1.82, 2.24) is 10.3 Å². The van der Waals surface area contributed by atoms with Crippen LogP contribution >= 0.6 is 0 Å². The molecular formula is C12H15F3N2O. The smallest absolute Gasteiger partial charge is 0.416 e. The van der Waals surface area contributed by atoms with Crippen LogP contribution in [0.5, 0.6) is 5.88 Å². The standard InChI is InChI=1S/C12H15F3N2O/c13-12(14,15)10-3-5-17-11(6-10)18-8-9-2-1-4-16-7-9/h3,5-6,9,16H,1-2,4,7-8H2/t9-/m1/s1. The number of nitrogens with one attached hydrogen (secondary N) is 1. The predicted molar refractivity (Wildman–Crippen MR) is 60.3 cm³/mol. The largest absolute Gasteiger partial charge is 0.477 e. The predicted octanol–water partition coefficient (Wildman–Crippen LogP) is 2.48. The van der Waals surface area contributed by atoms with Gasteiger partial charge in [-0.2, -0.15) is 13.2 Å². The van der Waals surface area contributed by atoms with Gasteiger partial charge in [0.2, 0.25) is 5.88 Å². The van der Waals surface area contributed by atoms with Gasteiger partial charge in [-0.15, -0.1) is 0 Å². The first-order valence-electron chi connectivity index (χ1n) is 5.92. The molecule has 0 aromatic carbocycles. The molecule has 1 atom stereocenters. The fourth-order valence-electron chi connectivity index (χ4n) is 1.93. The van der Waals surface area contributed by atoms with Crippen molar-refractivity contribution in [3.8, 4) is 5.88 Å². The number of aromatic nitrogens is 1. The molecule has 1 aliphatic heterocycles. The van der Waals surface area contributed by atoms with Crippen LogP contribution in [0, 0.1) is 5.92 Å². The van der Waals surface area contributed by atoms with E-state index in [-0.39, 0.29) is 5.88 Å². The average molecular weight is 260 g/mol. The molecule has 1 fully saturated rings. The Morgan fingerprint density at radius 3 is 2.94 bits per heavy atom. The minimum absolute atomic E-state index is 0.0374. The quantitative estimate of drug-likeness (QED) is 0.906. The van der Waals surface area contributed by atoms with Crippen LogP contribution in [0.1, 0.15) is 18.4 Å². The van der Waals surface area contributed by atoms with Crippen molar-refractivity contribution in [2.75, 3.05) is 19.7 Å². The third-order valence-electron chi connectivity index (χ3n) is 2.93. The lowest BCUT2D eigenvalue weighted by molar-refractivity contribution is -0.137. The first kappa shape index (κ1) is 13.1. The number of hydrogen-bond acceptors (Lipinski definition) is 3. The van der Waals surface area contributed by atoms with Crippen LogP contribution in [0.15, 0.2) is 18.3 Å². The molecule has 1 aromatic rings. The van der Waals surface area contributed by atoms with Gasteiger partial charge in [-0.05, 0) is 25.5 Å². The van der Waals surface area contributed by atoms with Crippen molar-refractivity contribution in [2.45, 2.75) is 19.0 Å². The van der Waals surface area contributed by atoms with Gasteiger partial charge in [0.15, 0.2) is 0 Å². The topological polar surface area (TPSA) is 34.1 Å². The molecular weight excluding hydrogens is 245 g/mol. The van der Waals surface area contributed by atoms with Crippen molar-refractivity contribution in [1.29, 1.82) is 0 Å². The molecule has 6 heteroatoms. The number of halogens is 3. The number of piperidine rings is 1. The molecule has 1 aromatic heterocycles. The third kappa shape index (κ3) is 3.60. The van der Waals surface area contributed by atoms with E-state index < -0.39 is 11.7 Å². The van der Waals surface area contributed by atoms with Gasteiger partial charge in [-0.1, -0.05) is 0 Å². The molecule has 1 saturated heterocycles. The molecule has 0 aliphatic carbocycles. The van der Waals surface area contributed by atoms with E-state index in [4.69, 9.17) is 4.74 Å². The Labute approximate surface area is 103 Å². The maximum Gasteiger partial charge on any atom is 0.416 e. The van der Waals surface area contributed by atoms with Crippen LogP contribution in [0.2, 0.25) is 0 Å². The normalized spacial score (nSPS) is 20.7. The summed E-state index contributed by atoms with van der Waals surface area (Å²) in [7, 11) is 0. The zero-order valence-electron chi connectivity index (χ0n) is 9.83. The number of alkyl halides is 3. The maximum atomic E-state index is 12.5. The van der Waals surface area contributed by atoms with Gasteiger partial charge >= 0.3 is 6.18 Å². The fourth-order valence-corrected chi connectivity index (χ4v) is 1.93. The van der Waals surface area contributed by atoms with E-state index in [9.17, 15) is 13.2 Å². The summed E-state index contributed by atoms with van der Waals surface area (Å²) < 4.78 is 42.7. The van der Waals surface area contributed by atoms with Gasteiger partial charge in [0.25, 0.3) is 0 Å². The van der Waals surface area contributed by atoms with Crippen molar-refractivity contribution in [3.05, 3.63) is 23.9 Å². The van der Waals surface area contributed by atoms with E-state index in [0.717, 1.165) is 44.3 Å². The van der Waals surface area contributed by atoms with Gasteiger partial charge < -0.3 is 10.1 Å². The van der Waals surface area contributed by atoms with Gasteiger partial charge in [0.1, 0.15) is 0 Å². The van der Waals surface area contributed by atoms with Crippen molar-refractivity contribution < 1.29 is 17.9 Å². The van der Waals surface area contributed by atoms with Crippen LogP contribution in [0.3, 0.4) is 0 Å². The minimum atomic E-state index is -4.35. The fraction of sp³-hybridized carbons (Fsp3) is 0.583. The summed E-state index contributed by atoms with van der Waals surface area (Å²) in [5, 5.41) is 3.23. The molecule has 0 radical (unpaired) electrons. The van der Waals surface area contributed by atoms with Crippen molar-refractivity contribution in [3.63, 3.8) is 0 Å². The molecule has 100 valence electrons. The Morgan fingerprint density at radius 1 is 1.44 bits per heavy atom. The van der Waals surface area contributed by atoms with Gasteiger partial charge in [0, 0.05) is 24.7 Å². The Balaban J connectivity index is 1.92. The minimum Gasteiger partial charge on any atom is -0.477 e. The van der Waals surface area contributed by atoms with E-state index in [1.165, 1.54) is 0 Å². The zero-order chi connectivity index (χ0) is 13.0. The summed E-state index contributed by atoms with van der Waals surface area (Å²) in [4.78, 5) is 3.79. The Hall–Kier alpha value is -1.30. The maximum absolute atomic E-state index is 12.5. The van der Waals surface area contributed by atoms with Gasteiger partial charge in [-0.25, -0.2) is 4.98 Å². The highest BCUT2D eigenvalue weighted by molar-refractivity contribution is 5.22. The second kappa shape index (κ2) is 5.56. The molecule has 3 nitrogen and oxygen atoms in total. The number of hydrogen-bond donors (Lipinski definition) is 1. The lowest BCUT2D eigenvalue weighted by Crippen LogP contribution is -2.33. The molecule has 0 amide bonds. The first-order chi connectivity index (χ1) is 8.55. The summed E-state index contributed by atoms with van der Waals surface area (Å²) >= 11 is 0. The number of pyridine rings is 1. The number of nitrogens with zero attached hydrogens (tertiary/aromatic N) is 1. The van der Waals surface area contributed by atoms with Gasteiger partial charge in [-0.3, -0.25) is 0 Å². The summed E-state index contributed by atoms with van der Waals surface area (Å²) in [6, 6.07) is 1.88. The van der Waals surface area contributed by atoms with E-state index in [1.54, 1.807) is 0 Å². The Bertz CT molecular complexity index is 389. The lowest BCUT2D eigenvalue weighted by atomic mass is 10.0. The van der Waals surface area contributed by atoms with E-state index >= 15 is 0 Å². The molecule has 2 rings (SSSR count). The second-order valence-corrected chi connectivity index (χ2v) is 4.40. The highest BCUT2D eigenvalue weighted by Gasteiger charge is 2.31. The van der Waals surface area contributed by atoms with Crippen molar-refractivity contribution >= 4 is 0 Å². The molecule has 0 unspecified atom stereocenters. The van der Waals surface area contributed by atoms with Crippen LogP contribution in [0.4, 0.5) is 13.2 Å². The highest BCUT2D eigenvalue weighted by atomic mass is 19.4. The molecule has 0 saturated carbocycles. The van der Waals surface area contributed by atoms with Crippen LogP contribution in [0.25, 0.3) is 0 Å². The average Bonchev–Trinajstić information content (AvgIpc) is 2.37. The van der Waals surface area contributed by atoms with Crippen molar-refractivity contribution in [2.24, 2.45) is 5.92 Å². The van der Waals surface area contributed by atoms with Crippen LogP contribution in [-0.4, -0.2) is 24.7 Å². The summed E-state index contributed by atoms with van der Waals surface area (Å²) in [5.74, 6) is 0.380. The summed E-state index contributed by atoms with van der Waals surface area (Å²) in [6.45, 7) is 2.25. The second-order valence-electron chi connectivity index (χ2n) is 4.40. The van der Waals surface area contributed by atoms with Crippen LogP contribution in [-0.2, 0) is 6.18 Å². The summed E-state index contributed by atoms with van der Waals surface area (Å²) in [6.07, 6.45) is -1.12. The van der Waals surface area contributed by atoms with Gasteiger partial charge in [0.05, 0.1) is 12.2 Å². The van der Waals surface area contributed by atoms with Crippen LogP contribution < -0.4 is 10.1 Å². The SMILES string of the molecule is FC(F)(F)c1ccnc(OC[C@@H]2CCCNC2)c1. The van der Waals surface area contributed by atoms with E-state index in [1.807, 2.05) is 0 Å². The monoisotopic (exact) mass is 260 g/mol. The molecule has 0 spiro atoms. The lowest BCUT2D eigenvalue weighted by Gasteiger charge is -2.22. The van der Waals surface area contributed by atoms with E-state index in [2.05, 4.69) is 10.3 Å². The molecule has 18 heavy (non-hydrogen) atoms. The number of ether oxygens (including phenoxy) is 1. The third-order valence-corrected chi connectivity index (χ3v) is 2.93. The Morgan fingerprint density at radius 2 is 2.28 bits per heavy atom. The molecule has 1 N–H and O–H groups in total. The summed E-state index contributed by atoms with van der Waals surface area (Å²) in [5.41, 5.74) is -0.728. The van der Waals surface area contributed by atoms with E-state index in [0.29, 0.717) is 12.5 Å². The molecule has 2 heterocycles.